The largest absolute Gasteiger partial charge is 0.481 e. The molecular formula is C28H34N2O5. The summed E-state index contributed by atoms with van der Waals surface area (Å²) in [5.74, 6) is -1.59. The molecule has 186 valence electrons. The van der Waals surface area contributed by atoms with Gasteiger partial charge in [0.05, 0.1) is 5.92 Å². The standard InChI is InChI=1S/C28H34N2O5/c1-2-18(15-26(31)30-25-14-8-7-13-23(25)27(32)33)16-29-28(34)35-17-24-21-11-5-3-9-19(21)20-10-4-6-12-22(20)24/h3-6,9-12,18,23-25H,2,7-8,13-17H2,1H3,(H,29,34)(H,30,31)(H,32,33)/t18?,23-,25+/m1/s1. The normalized spacial score (nSPS) is 19.8. The third-order valence-corrected chi connectivity index (χ3v) is 7.36. The van der Waals surface area contributed by atoms with Crippen LogP contribution in [0.3, 0.4) is 0 Å². The minimum absolute atomic E-state index is 0.00132. The highest BCUT2D eigenvalue weighted by molar-refractivity contribution is 5.79. The number of carbonyl (C=O) groups excluding carboxylic acids is 2. The number of hydrogen-bond donors (Lipinski definition) is 3. The Morgan fingerprint density at radius 3 is 2.26 bits per heavy atom. The van der Waals surface area contributed by atoms with Gasteiger partial charge in [0.1, 0.15) is 6.61 Å². The number of rotatable bonds is 9. The van der Waals surface area contributed by atoms with Crippen LogP contribution in [-0.4, -0.2) is 42.3 Å². The van der Waals surface area contributed by atoms with Crippen molar-refractivity contribution in [1.82, 2.24) is 10.6 Å². The molecule has 2 amide bonds. The highest BCUT2D eigenvalue weighted by atomic mass is 16.5. The summed E-state index contributed by atoms with van der Waals surface area (Å²) in [4.78, 5) is 36.5. The van der Waals surface area contributed by atoms with Crippen LogP contribution in [0.2, 0.25) is 0 Å². The fraction of sp³-hybridized carbons (Fsp3) is 0.464. The van der Waals surface area contributed by atoms with Gasteiger partial charge in [0.2, 0.25) is 5.91 Å². The second-order valence-corrected chi connectivity index (χ2v) is 9.59. The smallest absolute Gasteiger partial charge is 0.407 e. The number of nitrogens with one attached hydrogen (secondary N) is 2. The Kier molecular flexibility index (Phi) is 8.06. The van der Waals surface area contributed by atoms with Crippen molar-refractivity contribution in [3.8, 4) is 11.1 Å². The zero-order chi connectivity index (χ0) is 24.8. The molecule has 2 aromatic rings. The van der Waals surface area contributed by atoms with Crippen molar-refractivity contribution in [3.05, 3.63) is 59.7 Å². The summed E-state index contributed by atoms with van der Waals surface area (Å²) in [7, 11) is 0. The molecule has 0 saturated heterocycles. The lowest BCUT2D eigenvalue weighted by Gasteiger charge is -2.29. The second-order valence-electron chi connectivity index (χ2n) is 9.59. The van der Waals surface area contributed by atoms with E-state index in [2.05, 4.69) is 34.9 Å². The van der Waals surface area contributed by atoms with Gasteiger partial charge in [0.25, 0.3) is 0 Å². The summed E-state index contributed by atoms with van der Waals surface area (Å²) in [6.07, 6.45) is 3.55. The third kappa shape index (κ3) is 5.84. The molecule has 35 heavy (non-hydrogen) atoms. The van der Waals surface area contributed by atoms with Gasteiger partial charge < -0.3 is 20.5 Å². The van der Waals surface area contributed by atoms with Gasteiger partial charge in [-0.15, -0.1) is 0 Å². The Balaban J connectivity index is 1.26. The number of aliphatic carboxylic acids is 1. The molecular weight excluding hydrogens is 444 g/mol. The fourth-order valence-corrected chi connectivity index (χ4v) is 5.37. The van der Waals surface area contributed by atoms with E-state index in [1.54, 1.807) is 0 Å². The maximum absolute atomic E-state index is 12.6. The molecule has 7 nitrogen and oxygen atoms in total. The van der Waals surface area contributed by atoms with Crippen molar-refractivity contribution in [3.63, 3.8) is 0 Å². The summed E-state index contributed by atoms with van der Waals surface area (Å²) >= 11 is 0. The maximum Gasteiger partial charge on any atom is 0.407 e. The zero-order valence-corrected chi connectivity index (χ0v) is 20.2. The minimum atomic E-state index is -0.848. The van der Waals surface area contributed by atoms with Crippen molar-refractivity contribution in [1.29, 1.82) is 0 Å². The van der Waals surface area contributed by atoms with Gasteiger partial charge in [-0.25, -0.2) is 4.79 Å². The Labute approximate surface area is 206 Å². The SMILES string of the molecule is CCC(CNC(=O)OCC1c2ccccc2-c2ccccc21)CC(=O)N[C@H]1CCCC[C@H]1C(=O)O. The molecule has 1 saturated carbocycles. The number of carboxylic acid groups (broad SMARTS) is 1. The summed E-state index contributed by atoms with van der Waals surface area (Å²) in [6, 6.07) is 16.1. The average Bonchev–Trinajstić information content (AvgIpc) is 3.19. The van der Waals surface area contributed by atoms with E-state index >= 15 is 0 Å². The molecule has 2 aliphatic carbocycles. The summed E-state index contributed by atoms with van der Waals surface area (Å²) in [5.41, 5.74) is 4.67. The molecule has 3 N–H and O–H groups in total. The summed E-state index contributed by atoms with van der Waals surface area (Å²) < 4.78 is 5.59. The highest BCUT2D eigenvalue weighted by Gasteiger charge is 2.32. The van der Waals surface area contributed by atoms with E-state index in [1.807, 2.05) is 31.2 Å². The first kappa shape index (κ1) is 24.8. The number of hydrogen-bond acceptors (Lipinski definition) is 4. The Morgan fingerprint density at radius 1 is 1.00 bits per heavy atom. The Bertz CT molecular complexity index is 1020. The van der Waals surface area contributed by atoms with Crippen LogP contribution in [0.15, 0.2) is 48.5 Å². The molecule has 0 spiro atoms. The second kappa shape index (κ2) is 11.4. The van der Waals surface area contributed by atoms with Crippen LogP contribution in [0, 0.1) is 11.8 Å². The first-order chi connectivity index (χ1) is 17.0. The van der Waals surface area contributed by atoms with Crippen molar-refractivity contribution < 1.29 is 24.2 Å². The molecule has 2 aliphatic rings. The molecule has 0 radical (unpaired) electrons. The van der Waals surface area contributed by atoms with Gasteiger partial charge in [0, 0.05) is 24.9 Å². The molecule has 0 heterocycles. The number of carboxylic acids is 1. The summed E-state index contributed by atoms with van der Waals surface area (Å²) in [6.45, 7) is 2.54. The number of alkyl carbamates (subject to hydrolysis) is 1. The number of benzene rings is 2. The van der Waals surface area contributed by atoms with Crippen molar-refractivity contribution >= 4 is 18.0 Å². The van der Waals surface area contributed by atoms with Crippen LogP contribution in [-0.2, 0) is 14.3 Å². The van der Waals surface area contributed by atoms with E-state index in [9.17, 15) is 19.5 Å². The van der Waals surface area contributed by atoms with Crippen LogP contribution < -0.4 is 10.6 Å². The summed E-state index contributed by atoms with van der Waals surface area (Å²) in [5, 5.41) is 15.1. The monoisotopic (exact) mass is 478 g/mol. The lowest BCUT2D eigenvalue weighted by molar-refractivity contribution is -0.144. The molecule has 2 aromatic carbocycles. The maximum atomic E-state index is 12.6. The van der Waals surface area contributed by atoms with E-state index in [0.29, 0.717) is 25.8 Å². The minimum Gasteiger partial charge on any atom is -0.481 e. The van der Waals surface area contributed by atoms with Crippen LogP contribution in [0.5, 0.6) is 0 Å². The molecule has 0 aliphatic heterocycles. The number of fused-ring (bicyclic) bond motifs is 3. The first-order valence-corrected chi connectivity index (χ1v) is 12.6. The van der Waals surface area contributed by atoms with Crippen LogP contribution in [0.1, 0.15) is 62.5 Å². The van der Waals surface area contributed by atoms with Crippen molar-refractivity contribution in [2.24, 2.45) is 11.8 Å². The fourth-order valence-electron chi connectivity index (χ4n) is 5.37. The lowest BCUT2D eigenvalue weighted by atomic mass is 9.84. The van der Waals surface area contributed by atoms with Crippen LogP contribution >= 0.6 is 0 Å². The van der Waals surface area contributed by atoms with Crippen molar-refractivity contribution in [2.45, 2.75) is 57.4 Å². The Hall–Kier alpha value is -3.35. The molecule has 0 aromatic heterocycles. The van der Waals surface area contributed by atoms with Gasteiger partial charge in [-0.3, -0.25) is 9.59 Å². The number of amides is 2. The van der Waals surface area contributed by atoms with E-state index in [1.165, 1.54) is 11.1 Å². The van der Waals surface area contributed by atoms with Gasteiger partial charge in [0.15, 0.2) is 0 Å². The molecule has 3 atom stereocenters. The average molecular weight is 479 g/mol. The molecule has 0 bridgehead atoms. The molecule has 4 rings (SSSR count). The van der Waals surface area contributed by atoms with Crippen molar-refractivity contribution in [2.75, 3.05) is 13.2 Å². The molecule has 7 heteroatoms. The molecule has 1 fully saturated rings. The van der Waals surface area contributed by atoms with Crippen LogP contribution in [0.4, 0.5) is 4.79 Å². The third-order valence-electron chi connectivity index (χ3n) is 7.36. The van der Waals surface area contributed by atoms with E-state index in [0.717, 1.165) is 24.0 Å². The van der Waals surface area contributed by atoms with E-state index in [-0.39, 0.29) is 36.8 Å². The van der Waals surface area contributed by atoms with E-state index in [4.69, 9.17) is 4.74 Å². The van der Waals surface area contributed by atoms with Gasteiger partial charge in [-0.2, -0.15) is 0 Å². The predicted molar refractivity (Wildman–Crippen MR) is 133 cm³/mol. The zero-order valence-electron chi connectivity index (χ0n) is 20.2. The van der Waals surface area contributed by atoms with Gasteiger partial charge in [-0.1, -0.05) is 74.7 Å². The highest BCUT2D eigenvalue weighted by Crippen LogP contribution is 2.44. The predicted octanol–water partition coefficient (Wildman–Crippen LogP) is 4.70. The number of ether oxygens (including phenoxy) is 1. The lowest BCUT2D eigenvalue weighted by Crippen LogP contribution is -2.45. The Morgan fingerprint density at radius 2 is 1.63 bits per heavy atom. The van der Waals surface area contributed by atoms with Crippen LogP contribution in [0.25, 0.3) is 11.1 Å². The topological polar surface area (TPSA) is 105 Å². The number of carbonyl (C=O) groups is 3. The first-order valence-electron chi connectivity index (χ1n) is 12.6. The van der Waals surface area contributed by atoms with Gasteiger partial charge in [-0.05, 0) is 41.0 Å². The van der Waals surface area contributed by atoms with E-state index < -0.39 is 18.0 Å². The quantitative estimate of drug-likeness (QED) is 0.485. The van der Waals surface area contributed by atoms with Gasteiger partial charge >= 0.3 is 12.1 Å². The molecule has 1 unspecified atom stereocenters.